The van der Waals surface area contributed by atoms with Crippen molar-refractivity contribution in [2.24, 2.45) is 0 Å². The van der Waals surface area contributed by atoms with Gasteiger partial charge in [0.05, 0.1) is 17.7 Å². The fourth-order valence-corrected chi connectivity index (χ4v) is 2.34. The number of ether oxygens (including phenoxy) is 2. The van der Waals surface area contributed by atoms with Crippen LogP contribution in [0.25, 0.3) is 0 Å². The molecule has 0 spiro atoms. The second-order valence-electron chi connectivity index (χ2n) is 4.77. The molecule has 1 N–H and O–H groups in total. The standard InChI is InChI=1S/C14H19ClO3/c1-10(16)7-11-4-5-14(13(15)8-11)18-12-3-2-6-17-9-12/h4-5,8,10,12,16H,2-3,6-7,9H2,1H3. The maximum Gasteiger partial charge on any atom is 0.138 e. The summed E-state index contributed by atoms with van der Waals surface area (Å²) in [4.78, 5) is 0. The van der Waals surface area contributed by atoms with Gasteiger partial charge in [0.25, 0.3) is 0 Å². The molecule has 0 aliphatic carbocycles. The van der Waals surface area contributed by atoms with Gasteiger partial charge in [-0.15, -0.1) is 0 Å². The van der Waals surface area contributed by atoms with Crippen molar-refractivity contribution < 1.29 is 14.6 Å². The van der Waals surface area contributed by atoms with Crippen LogP contribution in [0.5, 0.6) is 5.75 Å². The van der Waals surface area contributed by atoms with E-state index in [1.807, 2.05) is 18.2 Å². The van der Waals surface area contributed by atoms with Gasteiger partial charge in [-0.2, -0.15) is 0 Å². The number of hydrogen-bond donors (Lipinski definition) is 1. The van der Waals surface area contributed by atoms with Crippen LogP contribution in [0, 0.1) is 0 Å². The number of aliphatic hydroxyl groups excluding tert-OH is 1. The van der Waals surface area contributed by atoms with Crippen LogP contribution in [0.3, 0.4) is 0 Å². The van der Waals surface area contributed by atoms with Crippen molar-refractivity contribution in [1.29, 1.82) is 0 Å². The monoisotopic (exact) mass is 270 g/mol. The van der Waals surface area contributed by atoms with E-state index in [0.717, 1.165) is 25.0 Å². The summed E-state index contributed by atoms with van der Waals surface area (Å²) < 4.78 is 11.2. The largest absolute Gasteiger partial charge is 0.486 e. The van der Waals surface area contributed by atoms with Crippen molar-refractivity contribution in [2.45, 2.75) is 38.4 Å². The quantitative estimate of drug-likeness (QED) is 0.914. The number of benzene rings is 1. The highest BCUT2D eigenvalue weighted by Gasteiger charge is 2.16. The molecule has 2 atom stereocenters. The number of rotatable bonds is 4. The van der Waals surface area contributed by atoms with Gasteiger partial charge in [0.2, 0.25) is 0 Å². The molecule has 0 aromatic heterocycles. The molecule has 1 aromatic rings. The van der Waals surface area contributed by atoms with Crippen molar-refractivity contribution in [1.82, 2.24) is 0 Å². The first-order valence-electron chi connectivity index (χ1n) is 6.36. The Morgan fingerprint density at radius 1 is 1.56 bits per heavy atom. The van der Waals surface area contributed by atoms with Gasteiger partial charge in [0.15, 0.2) is 0 Å². The van der Waals surface area contributed by atoms with Crippen molar-refractivity contribution in [2.75, 3.05) is 13.2 Å². The van der Waals surface area contributed by atoms with Gasteiger partial charge in [-0.25, -0.2) is 0 Å². The normalized spacial score (nSPS) is 21.6. The highest BCUT2D eigenvalue weighted by Crippen LogP contribution is 2.28. The fourth-order valence-electron chi connectivity index (χ4n) is 2.09. The minimum Gasteiger partial charge on any atom is -0.486 e. The van der Waals surface area contributed by atoms with Crippen molar-refractivity contribution in [3.8, 4) is 5.75 Å². The molecule has 3 nitrogen and oxygen atoms in total. The minimum atomic E-state index is -0.362. The second-order valence-corrected chi connectivity index (χ2v) is 5.18. The molecular formula is C14H19ClO3. The predicted molar refractivity (Wildman–Crippen MR) is 71.3 cm³/mol. The van der Waals surface area contributed by atoms with E-state index >= 15 is 0 Å². The molecule has 1 aromatic carbocycles. The van der Waals surface area contributed by atoms with Gasteiger partial charge >= 0.3 is 0 Å². The zero-order valence-electron chi connectivity index (χ0n) is 10.6. The number of aliphatic hydroxyl groups is 1. The summed E-state index contributed by atoms with van der Waals surface area (Å²) in [6, 6.07) is 5.67. The van der Waals surface area contributed by atoms with E-state index in [1.165, 1.54) is 0 Å². The number of halogens is 1. The molecule has 18 heavy (non-hydrogen) atoms. The van der Waals surface area contributed by atoms with Gasteiger partial charge in [0.1, 0.15) is 11.9 Å². The smallest absolute Gasteiger partial charge is 0.138 e. The molecule has 0 saturated carbocycles. The van der Waals surface area contributed by atoms with E-state index in [-0.39, 0.29) is 12.2 Å². The molecule has 4 heteroatoms. The second kappa shape index (κ2) is 6.41. The maximum atomic E-state index is 9.34. The Kier molecular flexibility index (Phi) is 4.87. The van der Waals surface area contributed by atoms with Crippen molar-refractivity contribution in [3.05, 3.63) is 28.8 Å². The lowest BCUT2D eigenvalue weighted by atomic mass is 10.1. The molecule has 1 saturated heterocycles. The fraction of sp³-hybridized carbons (Fsp3) is 0.571. The lowest BCUT2D eigenvalue weighted by Crippen LogP contribution is -2.28. The average molecular weight is 271 g/mol. The Morgan fingerprint density at radius 3 is 3.00 bits per heavy atom. The van der Waals surface area contributed by atoms with Gasteiger partial charge in [-0.3, -0.25) is 0 Å². The summed E-state index contributed by atoms with van der Waals surface area (Å²) in [6.07, 6.45) is 2.37. The lowest BCUT2D eigenvalue weighted by molar-refractivity contribution is 0.00746. The molecular weight excluding hydrogens is 252 g/mol. The average Bonchev–Trinajstić information content (AvgIpc) is 2.33. The third-order valence-corrected chi connectivity index (χ3v) is 3.23. The van der Waals surface area contributed by atoms with E-state index in [0.29, 0.717) is 23.8 Å². The van der Waals surface area contributed by atoms with Crippen LogP contribution in [-0.4, -0.2) is 30.5 Å². The Hall–Kier alpha value is -0.770. The van der Waals surface area contributed by atoms with E-state index in [2.05, 4.69) is 0 Å². The molecule has 0 bridgehead atoms. The van der Waals surface area contributed by atoms with Crippen LogP contribution in [0.1, 0.15) is 25.3 Å². The molecule has 1 heterocycles. The first kappa shape index (κ1) is 13.7. The van der Waals surface area contributed by atoms with Gasteiger partial charge in [0, 0.05) is 6.61 Å². The molecule has 1 fully saturated rings. The van der Waals surface area contributed by atoms with Crippen LogP contribution in [0.2, 0.25) is 5.02 Å². The van der Waals surface area contributed by atoms with E-state index < -0.39 is 0 Å². The van der Waals surface area contributed by atoms with Gasteiger partial charge in [-0.05, 0) is 43.9 Å². The molecule has 2 rings (SSSR count). The van der Waals surface area contributed by atoms with Crippen molar-refractivity contribution >= 4 is 11.6 Å². The first-order chi connectivity index (χ1) is 8.65. The topological polar surface area (TPSA) is 38.7 Å². The summed E-state index contributed by atoms with van der Waals surface area (Å²) in [7, 11) is 0. The molecule has 2 unspecified atom stereocenters. The summed E-state index contributed by atoms with van der Waals surface area (Å²) in [5.41, 5.74) is 1.02. The Labute approximate surface area is 113 Å². The zero-order valence-corrected chi connectivity index (χ0v) is 11.3. The summed E-state index contributed by atoms with van der Waals surface area (Å²) in [5, 5.41) is 9.93. The van der Waals surface area contributed by atoms with E-state index in [9.17, 15) is 5.11 Å². The van der Waals surface area contributed by atoms with E-state index in [1.54, 1.807) is 6.92 Å². The first-order valence-corrected chi connectivity index (χ1v) is 6.74. The van der Waals surface area contributed by atoms with Crippen LogP contribution < -0.4 is 4.74 Å². The summed E-state index contributed by atoms with van der Waals surface area (Å²) in [6.45, 7) is 3.21. The van der Waals surface area contributed by atoms with Crippen molar-refractivity contribution in [3.63, 3.8) is 0 Å². The zero-order chi connectivity index (χ0) is 13.0. The molecule has 1 aliphatic heterocycles. The van der Waals surface area contributed by atoms with Crippen LogP contribution in [0.15, 0.2) is 18.2 Å². The Morgan fingerprint density at radius 2 is 2.39 bits per heavy atom. The molecule has 0 radical (unpaired) electrons. The van der Waals surface area contributed by atoms with Crippen LogP contribution in [-0.2, 0) is 11.2 Å². The molecule has 100 valence electrons. The van der Waals surface area contributed by atoms with Gasteiger partial charge in [-0.1, -0.05) is 17.7 Å². The minimum absolute atomic E-state index is 0.0962. The SMILES string of the molecule is CC(O)Cc1ccc(OC2CCCOC2)c(Cl)c1. The highest BCUT2D eigenvalue weighted by molar-refractivity contribution is 6.32. The molecule has 0 amide bonds. The maximum absolute atomic E-state index is 9.34. The highest BCUT2D eigenvalue weighted by atomic mass is 35.5. The molecule has 1 aliphatic rings. The summed E-state index contributed by atoms with van der Waals surface area (Å²) >= 11 is 6.18. The third kappa shape index (κ3) is 3.87. The lowest BCUT2D eigenvalue weighted by Gasteiger charge is -2.24. The third-order valence-electron chi connectivity index (χ3n) is 2.94. The Bertz CT molecular complexity index is 387. The Balaban J connectivity index is 2.00. The number of hydrogen-bond acceptors (Lipinski definition) is 3. The van der Waals surface area contributed by atoms with Gasteiger partial charge < -0.3 is 14.6 Å². The predicted octanol–water partition coefficient (Wildman–Crippen LogP) is 2.82. The van der Waals surface area contributed by atoms with Crippen LogP contribution >= 0.6 is 11.6 Å². The summed E-state index contributed by atoms with van der Waals surface area (Å²) in [5.74, 6) is 0.696. The van der Waals surface area contributed by atoms with E-state index in [4.69, 9.17) is 21.1 Å². The van der Waals surface area contributed by atoms with Crippen LogP contribution in [0.4, 0.5) is 0 Å².